The number of hydrogen-bond donors (Lipinski definition) is 2. The van der Waals surface area contributed by atoms with Crippen LogP contribution in [0.4, 0.5) is 5.69 Å². The quantitative estimate of drug-likeness (QED) is 0.261. The number of nitro benzene ring substituents is 1. The number of alkyl halides is 1. The minimum Gasteiger partial charge on any atom is -0.480 e. The third-order valence-corrected chi connectivity index (χ3v) is 8.76. The Hall–Kier alpha value is -2.63. The number of aliphatic carboxylic acids is 1. The molecule has 2 aromatic rings. The van der Waals surface area contributed by atoms with Gasteiger partial charge in [-0.2, -0.15) is 0 Å². The van der Waals surface area contributed by atoms with Crippen LogP contribution in [0.2, 0.25) is 0 Å². The standard InChI is InChI=1S/C20H18ClN3O6S2/c21-20(19(27)28)10-23-17(26)16(22-15(25)9-13-2-1-7-31-13)18(23)32-14(20)8-11-3-5-12(6-4-11)24(29)30/h1-7,14,16,18H,8-10H2,(H,22,25)(H,27,28)/t14?,16?,18-,20?/m1/s1. The number of halogens is 1. The first kappa shape index (κ1) is 22.6. The molecule has 12 heteroatoms. The van der Waals surface area contributed by atoms with Crippen LogP contribution in [0.3, 0.4) is 0 Å². The molecule has 4 rings (SSSR count). The van der Waals surface area contributed by atoms with Gasteiger partial charge >= 0.3 is 5.97 Å². The van der Waals surface area contributed by atoms with Crippen molar-refractivity contribution < 1.29 is 24.4 Å². The first-order chi connectivity index (χ1) is 15.2. The number of amides is 2. The number of carbonyl (C=O) groups excluding carboxylic acids is 2. The Balaban J connectivity index is 1.48. The van der Waals surface area contributed by atoms with E-state index in [9.17, 15) is 29.6 Å². The number of rotatable bonds is 7. The molecule has 4 atom stereocenters. The van der Waals surface area contributed by atoms with Crippen LogP contribution >= 0.6 is 34.7 Å². The van der Waals surface area contributed by atoms with E-state index in [1.807, 2.05) is 17.5 Å². The van der Waals surface area contributed by atoms with E-state index in [4.69, 9.17) is 11.6 Å². The molecule has 3 unspecified atom stereocenters. The Bertz CT molecular complexity index is 1060. The zero-order valence-corrected chi connectivity index (χ0v) is 18.9. The number of nitro groups is 1. The summed E-state index contributed by atoms with van der Waals surface area (Å²) in [5.41, 5.74) is 0.626. The summed E-state index contributed by atoms with van der Waals surface area (Å²) in [4.78, 5) is 47.9. The number of nitrogens with zero attached hydrogens (tertiary/aromatic N) is 2. The molecule has 0 bridgehead atoms. The predicted octanol–water partition coefficient (Wildman–Crippen LogP) is 2.27. The van der Waals surface area contributed by atoms with Crippen LogP contribution in [-0.4, -0.2) is 60.8 Å². The number of β-lactam (4-membered cyclic amide) rings is 1. The van der Waals surface area contributed by atoms with Gasteiger partial charge in [0.2, 0.25) is 11.8 Å². The fraction of sp³-hybridized carbons (Fsp3) is 0.350. The highest BCUT2D eigenvalue weighted by atomic mass is 35.5. The Kier molecular flexibility index (Phi) is 6.15. The number of non-ortho nitro benzene ring substituents is 1. The molecule has 2 N–H and O–H groups in total. The zero-order valence-electron chi connectivity index (χ0n) is 16.5. The van der Waals surface area contributed by atoms with E-state index in [1.165, 1.54) is 40.1 Å². The number of carboxylic acid groups (broad SMARTS) is 1. The molecule has 3 heterocycles. The molecule has 2 aliphatic heterocycles. The fourth-order valence-corrected chi connectivity index (χ4v) is 6.53. The summed E-state index contributed by atoms with van der Waals surface area (Å²) in [7, 11) is 0. The number of carbonyl (C=O) groups is 3. The molecular formula is C20H18ClN3O6S2. The van der Waals surface area contributed by atoms with Crippen LogP contribution in [0, 0.1) is 10.1 Å². The van der Waals surface area contributed by atoms with Crippen LogP contribution in [0.1, 0.15) is 10.4 Å². The Morgan fingerprint density at radius 1 is 1.31 bits per heavy atom. The number of thioether (sulfide) groups is 1. The van der Waals surface area contributed by atoms with Crippen molar-refractivity contribution in [2.75, 3.05) is 6.54 Å². The van der Waals surface area contributed by atoms with Gasteiger partial charge < -0.3 is 15.3 Å². The average Bonchev–Trinajstić information content (AvgIpc) is 3.26. The molecule has 2 aliphatic rings. The summed E-state index contributed by atoms with van der Waals surface area (Å²) in [6.07, 6.45) is 0.409. The van der Waals surface area contributed by atoms with Crippen LogP contribution in [0.5, 0.6) is 0 Å². The summed E-state index contributed by atoms with van der Waals surface area (Å²) >= 11 is 9.19. The molecule has 1 aromatic heterocycles. The minimum atomic E-state index is -1.72. The molecule has 2 amide bonds. The van der Waals surface area contributed by atoms with Gasteiger partial charge in [0.25, 0.3) is 5.69 Å². The van der Waals surface area contributed by atoms with E-state index >= 15 is 0 Å². The van der Waals surface area contributed by atoms with Crippen LogP contribution in [-0.2, 0) is 27.2 Å². The van der Waals surface area contributed by atoms with Gasteiger partial charge in [-0.05, 0) is 23.4 Å². The molecular weight excluding hydrogens is 478 g/mol. The molecule has 9 nitrogen and oxygen atoms in total. The van der Waals surface area contributed by atoms with E-state index in [0.29, 0.717) is 5.56 Å². The lowest BCUT2D eigenvalue weighted by molar-refractivity contribution is -0.384. The normalized spacial score (nSPS) is 26.7. The van der Waals surface area contributed by atoms with Crippen molar-refractivity contribution in [1.82, 2.24) is 10.2 Å². The van der Waals surface area contributed by atoms with Crippen molar-refractivity contribution in [2.24, 2.45) is 0 Å². The second kappa shape index (κ2) is 8.72. The monoisotopic (exact) mass is 495 g/mol. The molecule has 0 aliphatic carbocycles. The predicted molar refractivity (Wildman–Crippen MR) is 120 cm³/mol. The second-order valence-corrected chi connectivity index (χ2v) is 10.6. The van der Waals surface area contributed by atoms with E-state index in [1.54, 1.807) is 12.1 Å². The lowest BCUT2D eigenvalue weighted by Gasteiger charge is -2.55. The van der Waals surface area contributed by atoms with E-state index in [2.05, 4.69) is 5.32 Å². The van der Waals surface area contributed by atoms with Gasteiger partial charge in [-0.3, -0.25) is 24.5 Å². The maximum Gasteiger partial charge on any atom is 0.327 e. The summed E-state index contributed by atoms with van der Waals surface area (Å²) in [5.74, 6) is -1.88. The highest BCUT2D eigenvalue weighted by molar-refractivity contribution is 8.00. The number of hydrogen-bond acceptors (Lipinski definition) is 7. The molecule has 168 valence electrons. The van der Waals surface area contributed by atoms with Crippen molar-refractivity contribution in [2.45, 2.75) is 34.4 Å². The maximum absolute atomic E-state index is 12.6. The second-order valence-electron chi connectivity index (χ2n) is 7.58. The fourth-order valence-electron chi connectivity index (χ4n) is 3.78. The van der Waals surface area contributed by atoms with Gasteiger partial charge in [0.1, 0.15) is 11.4 Å². The van der Waals surface area contributed by atoms with Crippen LogP contribution in [0.25, 0.3) is 0 Å². The van der Waals surface area contributed by atoms with Crippen LogP contribution < -0.4 is 5.32 Å². The van der Waals surface area contributed by atoms with E-state index in [0.717, 1.165) is 4.88 Å². The Labute approximate surface area is 195 Å². The van der Waals surface area contributed by atoms with Crippen molar-refractivity contribution in [3.05, 3.63) is 62.3 Å². The molecule has 1 aromatic carbocycles. The SMILES string of the molecule is O=C(Cc1cccs1)NC1C(=O)N2CC(Cl)(C(=O)O)C(Cc3ccc([N+](=O)[O-])cc3)S[C@H]12. The van der Waals surface area contributed by atoms with Gasteiger partial charge in [0.15, 0.2) is 4.87 Å². The van der Waals surface area contributed by atoms with Gasteiger partial charge in [0.05, 0.1) is 17.9 Å². The lowest BCUT2D eigenvalue weighted by Crippen LogP contribution is -2.76. The first-order valence-electron chi connectivity index (χ1n) is 9.62. The van der Waals surface area contributed by atoms with Crippen molar-refractivity contribution in [1.29, 1.82) is 0 Å². The third kappa shape index (κ3) is 4.19. The highest BCUT2D eigenvalue weighted by Crippen LogP contribution is 2.47. The summed E-state index contributed by atoms with van der Waals surface area (Å²) < 4.78 is 0. The minimum absolute atomic E-state index is 0.0651. The van der Waals surface area contributed by atoms with Crippen molar-refractivity contribution in [3.8, 4) is 0 Å². The number of fused-ring (bicyclic) bond motifs is 1. The van der Waals surface area contributed by atoms with Crippen molar-refractivity contribution in [3.63, 3.8) is 0 Å². The summed E-state index contributed by atoms with van der Waals surface area (Å²) in [6, 6.07) is 8.77. The third-order valence-electron chi connectivity index (χ3n) is 5.51. The topological polar surface area (TPSA) is 130 Å². The maximum atomic E-state index is 12.6. The van der Waals surface area contributed by atoms with E-state index in [-0.39, 0.29) is 36.9 Å². The summed E-state index contributed by atoms with van der Waals surface area (Å²) in [5, 5.41) is 24.2. The smallest absolute Gasteiger partial charge is 0.327 e. The van der Waals surface area contributed by atoms with E-state index < -0.39 is 32.4 Å². The molecule has 2 saturated heterocycles. The van der Waals surface area contributed by atoms with Gasteiger partial charge in [-0.15, -0.1) is 34.7 Å². The number of benzene rings is 1. The highest BCUT2D eigenvalue weighted by Gasteiger charge is 2.61. The average molecular weight is 496 g/mol. The number of thiophene rings is 1. The first-order valence-corrected chi connectivity index (χ1v) is 11.8. The zero-order chi connectivity index (χ0) is 23.0. The van der Waals surface area contributed by atoms with Crippen LogP contribution in [0.15, 0.2) is 41.8 Å². The summed E-state index contributed by atoms with van der Waals surface area (Å²) in [6.45, 7) is -0.185. The van der Waals surface area contributed by atoms with Gasteiger partial charge in [-0.1, -0.05) is 18.2 Å². The molecule has 2 fully saturated rings. The largest absolute Gasteiger partial charge is 0.480 e. The van der Waals surface area contributed by atoms with Gasteiger partial charge in [-0.25, -0.2) is 0 Å². The Morgan fingerprint density at radius 3 is 2.62 bits per heavy atom. The number of carboxylic acids is 1. The Morgan fingerprint density at radius 2 is 2.03 bits per heavy atom. The molecule has 0 spiro atoms. The lowest BCUT2D eigenvalue weighted by atomic mass is 9.94. The molecule has 0 radical (unpaired) electrons. The van der Waals surface area contributed by atoms with Gasteiger partial charge in [0, 0.05) is 22.3 Å². The number of nitrogens with one attached hydrogen (secondary N) is 1. The molecule has 32 heavy (non-hydrogen) atoms. The molecule has 0 saturated carbocycles. The van der Waals surface area contributed by atoms with Crippen molar-refractivity contribution >= 4 is 58.2 Å².